The predicted molar refractivity (Wildman–Crippen MR) is 130 cm³/mol. The first-order valence-electron chi connectivity index (χ1n) is 11.4. The number of fused-ring (bicyclic) bond motifs is 1. The van der Waals surface area contributed by atoms with E-state index in [0.717, 1.165) is 6.42 Å². The zero-order valence-electron chi connectivity index (χ0n) is 18.1. The molecule has 160 valence electrons. The van der Waals surface area contributed by atoms with Crippen LogP contribution in [0.1, 0.15) is 56.4 Å². The van der Waals surface area contributed by atoms with Crippen LogP contribution >= 0.6 is 0 Å². The van der Waals surface area contributed by atoms with Gasteiger partial charge in [0.25, 0.3) is 0 Å². The van der Waals surface area contributed by atoms with E-state index in [1.807, 2.05) is 42.5 Å². The smallest absolute Gasteiger partial charge is 0.228 e. The number of amides is 1. The van der Waals surface area contributed by atoms with Crippen LogP contribution in [0.15, 0.2) is 103 Å². The lowest BCUT2D eigenvalue weighted by Crippen LogP contribution is -2.38. The fraction of sp³-hybridized carbons (Fsp3) is 0.133. The average molecular weight is 430 g/mol. The van der Waals surface area contributed by atoms with Gasteiger partial charge in [-0.1, -0.05) is 78.9 Å². The van der Waals surface area contributed by atoms with Crippen LogP contribution in [-0.4, -0.2) is 11.7 Å². The van der Waals surface area contributed by atoms with Gasteiger partial charge in [-0.3, -0.25) is 9.59 Å². The fourth-order valence-corrected chi connectivity index (χ4v) is 5.59. The van der Waals surface area contributed by atoms with Crippen LogP contribution in [0.4, 0.5) is 5.69 Å². The summed E-state index contributed by atoms with van der Waals surface area (Å²) in [7, 11) is 0. The first kappa shape index (κ1) is 19.7. The summed E-state index contributed by atoms with van der Waals surface area (Å²) >= 11 is 0. The predicted octanol–water partition coefficient (Wildman–Crippen LogP) is 6.15. The van der Waals surface area contributed by atoms with Gasteiger partial charge in [-0.05, 0) is 52.9 Å². The number of nitrogens with one attached hydrogen (secondary N) is 1. The Morgan fingerprint density at radius 1 is 0.606 bits per heavy atom. The van der Waals surface area contributed by atoms with Crippen molar-refractivity contribution >= 4 is 17.4 Å². The van der Waals surface area contributed by atoms with E-state index < -0.39 is 0 Å². The van der Waals surface area contributed by atoms with Crippen LogP contribution in [-0.2, 0) is 4.79 Å². The summed E-state index contributed by atoms with van der Waals surface area (Å²) in [6, 6.07) is 33.5. The zero-order chi connectivity index (χ0) is 22.4. The highest BCUT2D eigenvalue weighted by atomic mass is 16.2. The molecule has 0 aliphatic heterocycles. The van der Waals surface area contributed by atoms with Crippen LogP contribution in [0.2, 0.25) is 0 Å². The lowest BCUT2D eigenvalue weighted by Gasteiger charge is -2.44. The molecule has 0 saturated heterocycles. The van der Waals surface area contributed by atoms with E-state index in [1.165, 1.54) is 22.3 Å². The average Bonchev–Trinajstić information content (AvgIpc) is 2.89. The van der Waals surface area contributed by atoms with Crippen molar-refractivity contribution in [3.05, 3.63) is 137 Å². The van der Waals surface area contributed by atoms with E-state index in [-0.39, 0.29) is 29.4 Å². The normalized spacial score (nSPS) is 19.9. The molecule has 0 fully saturated rings. The van der Waals surface area contributed by atoms with Gasteiger partial charge in [-0.15, -0.1) is 0 Å². The molecular weight excluding hydrogens is 406 g/mol. The van der Waals surface area contributed by atoms with Gasteiger partial charge in [0.1, 0.15) is 0 Å². The van der Waals surface area contributed by atoms with Gasteiger partial charge in [-0.2, -0.15) is 0 Å². The standard InChI is InChI=1S/C30H23NO2/c32-29(19-8-2-1-3-9-19)20-14-16-21(17-15-20)31-30(33)27-18-26-22-10-4-6-12-24(22)28(27)25-13-7-5-11-23(25)26/h1-17,26-28H,18H2,(H,31,33). The summed E-state index contributed by atoms with van der Waals surface area (Å²) in [6.07, 6.45) is 0.815. The molecule has 3 heteroatoms. The highest BCUT2D eigenvalue weighted by Crippen LogP contribution is 2.55. The molecule has 3 nitrogen and oxygen atoms in total. The Balaban J connectivity index is 1.25. The second-order valence-corrected chi connectivity index (χ2v) is 8.89. The summed E-state index contributed by atoms with van der Waals surface area (Å²) in [6.45, 7) is 0. The Hall–Kier alpha value is -3.98. The minimum atomic E-state index is -0.120. The topological polar surface area (TPSA) is 46.2 Å². The molecule has 3 aliphatic carbocycles. The monoisotopic (exact) mass is 429 g/mol. The maximum atomic E-state index is 13.4. The van der Waals surface area contributed by atoms with Crippen molar-refractivity contribution in [1.29, 1.82) is 0 Å². The summed E-state index contributed by atoms with van der Waals surface area (Å²) < 4.78 is 0. The van der Waals surface area contributed by atoms with Gasteiger partial charge in [-0.25, -0.2) is 0 Å². The largest absolute Gasteiger partial charge is 0.326 e. The Kier molecular flexibility index (Phi) is 4.69. The lowest BCUT2D eigenvalue weighted by molar-refractivity contribution is -0.121. The number of ketones is 1. The van der Waals surface area contributed by atoms with Crippen LogP contribution in [0, 0.1) is 5.92 Å². The first-order chi connectivity index (χ1) is 16.2. The second kappa shape index (κ2) is 7.86. The quantitative estimate of drug-likeness (QED) is 0.395. The summed E-state index contributed by atoms with van der Waals surface area (Å²) in [5.41, 5.74) is 7.24. The molecule has 0 radical (unpaired) electrons. The molecule has 2 bridgehead atoms. The number of carbonyl (C=O) groups excluding carboxylic acids is 2. The van der Waals surface area contributed by atoms with Gasteiger partial charge >= 0.3 is 0 Å². The summed E-state index contributed by atoms with van der Waals surface area (Å²) in [5, 5.41) is 3.11. The zero-order valence-corrected chi connectivity index (χ0v) is 18.1. The minimum absolute atomic E-state index is 0.0220. The van der Waals surface area contributed by atoms with Crippen LogP contribution in [0.25, 0.3) is 0 Å². The number of rotatable bonds is 4. The van der Waals surface area contributed by atoms with Crippen LogP contribution in [0.5, 0.6) is 0 Å². The molecule has 7 rings (SSSR count). The van der Waals surface area contributed by atoms with Crippen molar-refractivity contribution in [3.63, 3.8) is 0 Å². The van der Waals surface area contributed by atoms with Gasteiger partial charge in [0.2, 0.25) is 5.91 Å². The molecule has 1 unspecified atom stereocenters. The van der Waals surface area contributed by atoms with E-state index in [9.17, 15) is 9.59 Å². The number of carbonyl (C=O) groups is 2. The highest BCUT2D eigenvalue weighted by molar-refractivity contribution is 6.09. The molecule has 1 atom stereocenters. The highest BCUT2D eigenvalue weighted by Gasteiger charge is 2.45. The second-order valence-electron chi connectivity index (χ2n) is 8.89. The van der Waals surface area contributed by atoms with Gasteiger partial charge < -0.3 is 5.32 Å². The molecule has 4 aromatic carbocycles. The number of anilines is 1. The Bertz CT molecular complexity index is 1310. The Morgan fingerprint density at radius 3 is 1.73 bits per heavy atom. The number of hydrogen-bond acceptors (Lipinski definition) is 2. The van der Waals surface area contributed by atoms with E-state index in [4.69, 9.17) is 0 Å². The van der Waals surface area contributed by atoms with E-state index in [1.54, 1.807) is 12.1 Å². The van der Waals surface area contributed by atoms with Crippen molar-refractivity contribution in [2.75, 3.05) is 5.32 Å². The van der Waals surface area contributed by atoms with Crippen molar-refractivity contribution in [3.8, 4) is 0 Å². The molecule has 1 N–H and O–H groups in total. The summed E-state index contributed by atoms with van der Waals surface area (Å²) in [5.74, 6) is 0.221. The summed E-state index contributed by atoms with van der Waals surface area (Å²) in [4.78, 5) is 26.1. The van der Waals surface area contributed by atoms with Gasteiger partial charge in [0.05, 0.1) is 5.92 Å². The minimum Gasteiger partial charge on any atom is -0.326 e. The number of benzene rings is 4. The molecule has 0 aromatic heterocycles. The molecule has 1 amide bonds. The molecular formula is C30H23NO2. The first-order valence-corrected chi connectivity index (χ1v) is 11.4. The Labute approximate surface area is 193 Å². The third-order valence-electron chi connectivity index (χ3n) is 7.09. The van der Waals surface area contributed by atoms with Crippen LogP contribution < -0.4 is 5.32 Å². The Morgan fingerprint density at radius 2 is 1.12 bits per heavy atom. The van der Waals surface area contributed by atoms with Gasteiger partial charge in [0, 0.05) is 28.7 Å². The van der Waals surface area contributed by atoms with Crippen molar-refractivity contribution < 1.29 is 9.59 Å². The third-order valence-corrected chi connectivity index (χ3v) is 7.09. The fourth-order valence-electron chi connectivity index (χ4n) is 5.59. The maximum Gasteiger partial charge on any atom is 0.228 e. The van der Waals surface area contributed by atoms with E-state index in [0.29, 0.717) is 16.8 Å². The lowest BCUT2D eigenvalue weighted by atomic mass is 9.59. The van der Waals surface area contributed by atoms with Crippen molar-refractivity contribution in [2.45, 2.75) is 18.3 Å². The SMILES string of the molecule is O=C(c1ccccc1)c1ccc(NC(=O)C2CC3c4ccccc4C2c2ccccc23)cc1. The van der Waals surface area contributed by atoms with Crippen molar-refractivity contribution in [2.24, 2.45) is 5.92 Å². The molecule has 3 aliphatic rings. The third kappa shape index (κ3) is 3.28. The van der Waals surface area contributed by atoms with Crippen molar-refractivity contribution in [1.82, 2.24) is 0 Å². The van der Waals surface area contributed by atoms with E-state index >= 15 is 0 Å². The molecule has 33 heavy (non-hydrogen) atoms. The number of hydrogen-bond donors (Lipinski definition) is 1. The van der Waals surface area contributed by atoms with E-state index in [2.05, 4.69) is 53.8 Å². The maximum absolute atomic E-state index is 13.4. The molecule has 0 spiro atoms. The van der Waals surface area contributed by atoms with Crippen LogP contribution in [0.3, 0.4) is 0 Å². The molecule has 0 heterocycles. The van der Waals surface area contributed by atoms with Gasteiger partial charge in [0.15, 0.2) is 5.78 Å². The molecule has 0 saturated carbocycles. The molecule has 4 aromatic rings.